The van der Waals surface area contributed by atoms with Crippen LogP contribution >= 0.6 is 21.2 Å². The van der Waals surface area contributed by atoms with Gasteiger partial charge in [0, 0.05) is 0 Å². The first-order valence-corrected chi connectivity index (χ1v) is 14.5. The van der Waals surface area contributed by atoms with Crippen molar-refractivity contribution < 1.29 is 27.6 Å². The highest BCUT2D eigenvalue weighted by Gasteiger charge is 2.20. The number of hydrogen-bond donors (Lipinski definition) is 2. The van der Waals surface area contributed by atoms with Crippen molar-refractivity contribution in [3.63, 3.8) is 0 Å². The molecule has 1 aromatic carbocycles. The molecular formula is C26H41IO6. The Kier molecular flexibility index (Phi) is 16.9. The van der Waals surface area contributed by atoms with Crippen LogP contribution in [0.15, 0.2) is 12.1 Å². The lowest BCUT2D eigenvalue weighted by Gasteiger charge is -2.11. The van der Waals surface area contributed by atoms with E-state index in [1.807, 2.05) is 0 Å². The minimum absolute atomic E-state index is 0.114. The van der Waals surface area contributed by atoms with E-state index in [1.54, 1.807) is 0 Å². The number of hydrogen-bond acceptors (Lipinski definition) is 4. The molecule has 0 fully saturated rings. The third kappa shape index (κ3) is 13.1. The predicted octanol–water partition coefficient (Wildman–Crippen LogP) is 8.21. The molecule has 0 atom stereocenters. The topological polar surface area (TPSA) is 101 Å². The summed E-state index contributed by atoms with van der Waals surface area (Å²) in [6, 6.07) is 2.31. The second-order valence-corrected chi connectivity index (χ2v) is 10.2. The number of aromatic carboxylic acids is 2. The number of halogens is 1. The number of benzene rings is 1. The van der Waals surface area contributed by atoms with Crippen LogP contribution in [0.2, 0.25) is 0 Å². The van der Waals surface area contributed by atoms with Gasteiger partial charge in [0.25, 0.3) is 0 Å². The molecule has 1 aromatic rings. The van der Waals surface area contributed by atoms with Gasteiger partial charge in [0.2, 0.25) is 0 Å². The van der Waals surface area contributed by atoms with Gasteiger partial charge in [0.1, 0.15) is 9.32 Å². The SMILES string of the molecule is CCCCCCCCCCCCCCCCCCOc1cc(C(=O)O)cc(C(=O)O)c1I=O. The lowest BCUT2D eigenvalue weighted by molar-refractivity contribution is 0.0695. The molecule has 188 valence electrons. The van der Waals surface area contributed by atoms with Crippen molar-refractivity contribution in [1.29, 1.82) is 0 Å². The van der Waals surface area contributed by atoms with E-state index in [9.17, 15) is 22.9 Å². The molecule has 7 heteroatoms. The van der Waals surface area contributed by atoms with Crippen molar-refractivity contribution in [3.8, 4) is 5.75 Å². The van der Waals surface area contributed by atoms with Gasteiger partial charge in [0.15, 0.2) is 21.2 Å². The second-order valence-electron chi connectivity index (χ2n) is 8.68. The molecule has 0 amide bonds. The molecule has 0 unspecified atom stereocenters. The molecule has 0 aromatic heterocycles. The van der Waals surface area contributed by atoms with Crippen LogP contribution in [-0.4, -0.2) is 28.8 Å². The molecule has 0 aliphatic heterocycles. The first-order valence-electron chi connectivity index (χ1n) is 12.6. The molecule has 0 radical (unpaired) electrons. The molecule has 1 rings (SSSR count). The Morgan fingerprint density at radius 1 is 0.727 bits per heavy atom. The highest BCUT2D eigenvalue weighted by Crippen LogP contribution is 2.30. The Labute approximate surface area is 209 Å². The molecule has 0 aliphatic carbocycles. The quantitative estimate of drug-likeness (QED) is 0.113. The van der Waals surface area contributed by atoms with Gasteiger partial charge in [0.05, 0.1) is 17.7 Å². The van der Waals surface area contributed by atoms with E-state index in [2.05, 4.69) is 6.92 Å². The van der Waals surface area contributed by atoms with Crippen molar-refractivity contribution in [1.82, 2.24) is 0 Å². The van der Waals surface area contributed by atoms with Gasteiger partial charge in [-0.15, -0.1) is 0 Å². The zero-order chi connectivity index (χ0) is 24.3. The first kappa shape index (κ1) is 29.5. The summed E-state index contributed by atoms with van der Waals surface area (Å²) < 4.78 is 17.3. The first-order chi connectivity index (χ1) is 16.0. The van der Waals surface area contributed by atoms with Gasteiger partial charge in [-0.2, -0.15) is 0 Å². The molecule has 0 bridgehead atoms. The molecule has 2 N–H and O–H groups in total. The molecule has 0 aliphatic rings. The van der Waals surface area contributed by atoms with Gasteiger partial charge < -0.3 is 14.9 Å². The Morgan fingerprint density at radius 2 is 1.18 bits per heavy atom. The van der Waals surface area contributed by atoms with E-state index in [-0.39, 0.29) is 20.4 Å². The summed E-state index contributed by atoms with van der Waals surface area (Å²) in [5, 5.41) is 18.5. The number of unbranched alkanes of at least 4 members (excludes halogenated alkanes) is 15. The minimum Gasteiger partial charge on any atom is -0.492 e. The van der Waals surface area contributed by atoms with Crippen molar-refractivity contribution in [2.45, 2.75) is 110 Å². The Balaban J connectivity index is 2.11. The summed E-state index contributed by atoms with van der Waals surface area (Å²) in [6.45, 7) is 2.62. The number of rotatable bonds is 21. The van der Waals surface area contributed by atoms with E-state index in [4.69, 9.17) is 4.74 Å². The Morgan fingerprint density at radius 3 is 1.58 bits per heavy atom. The summed E-state index contributed by atoms with van der Waals surface area (Å²) in [4.78, 5) is 22.6. The number of carbonyl (C=O) groups is 2. The molecule has 0 heterocycles. The Hall–Kier alpha value is -1.51. The lowest BCUT2D eigenvalue weighted by Crippen LogP contribution is -2.08. The van der Waals surface area contributed by atoms with Crippen LogP contribution < -0.4 is 4.74 Å². The van der Waals surface area contributed by atoms with Gasteiger partial charge >= 0.3 is 11.9 Å². The zero-order valence-corrected chi connectivity index (χ0v) is 22.2. The monoisotopic (exact) mass is 576 g/mol. The third-order valence-electron chi connectivity index (χ3n) is 5.85. The molecule has 0 saturated carbocycles. The summed E-state index contributed by atoms with van der Waals surface area (Å²) in [5.41, 5.74) is -0.421. The van der Waals surface area contributed by atoms with Crippen LogP contribution in [0.1, 0.15) is 130 Å². The lowest BCUT2D eigenvalue weighted by atomic mass is 10.0. The van der Waals surface area contributed by atoms with Crippen molar-refractivity contribution in [2.75, 3.05) is 6.61 Å². The van der Waals surface area contributed by atoms with Gasteiger partial charge in [-0.05, 0) is 18.6 Å². The van der Waals surface area contributed by atoms with E-state index >= 15 is 0 Å². The van der Waals surface area contributed by atoms with Crippen LogP contribution in [0.4, 0.5) is 0 Å². The van der Waals surface area contributed by atoms with Crippen LogP contribution in [0.25, 0.3) is 0 Å². The van der Waals surface area contributed by atoms with Crippen molar-refractivity contribution >= 4 is 33.1 Å². The maximum Gasteiger partial charge on any atom is 0.337 e. The van der Waals surface area contributed by atoms with E-state index in [0.29, 0.717) is 6.61 Å². The Bertz CT molecular complexity index is 719. The van der Waals surface area contributed by atoms with Crippen molar-refractivity contribution in [2.24, 2.45) is 0 Å². The molecule has 0 spiro atoms. The third-order valence-corrected chi connectivity index (χ3v) is 7.40. The second kappa shape index (κ2) is 18.9. The minimum atomic E-state index is -1.80. The van der Waals surface area contributed by atoms with Gasteiger partial charge in [-0.3, -0.25) is 3.07 Å². The van der Waals surface area contributed by atoms with E-state index in [1.165, 1.54) is 89.5 Å². The average molecular weight is 577 g/mol. The molecule has 33 heavy (non-hydrogen) atoms. The van der Waals surface area contributed by atoms with Gasteiger partial charge in [-0.25, -0.2) is 9.59 Å². The van der Waals surface area contributed by atoms with Crippen LogP contribution in [0, 0.1) is 3.57 Å². The fourth-order valence-electron chi connectivity index (χ4n) is 3.89. The fourth-order valence-corrected chi connectivity index (χ4v) is 5.05. The standard InChI is InChI=1S/C26H41IO6/c1-2-3-4-5-6-7-8-9-10-11-12-13-14-15-16-17-18-33-23-20-21(25(28)29)19-22(26(30)31)24(23)27-32/h19-20H,2-18H2,1H3,(H,28,29)(H,30,31). The normalized spacial score (nSPS) is 10.9. The van der Waals surface area contributed by atoms with Gasteiger partial charge in [-0.1, -0.05) is 103 Å². The fraction of sp³-hybridized carbons (Fsp3) is 0.692. The largest absolute Gasteiger partial charge is 0.492 e. The predicted molar refractivity (Wildman–Crippen MR) is 139 cm³/mol. The highest BCUT2D eigenvalue weighted by molar-refractivity contribution is 14.1. The average Bonchev–Trinajstić information content (AvgIpc) is 2.80. The number of carboxylic acids is 2. The summed E-state index contributed by atoms with van der Waals surface area (Å²) in [7, 11) is 0. The zero-order valence-electron chi connectivity index (χ0n) is 20.1. The number of carboxylic acid groups (broad SMARTS) is 2. The summed E-state index contributed by atoms with van der Waals surface area (Å²) in [5.74, 6) is -2.41. The van der Waals surface area contributed by atoms with E-state index < -0.39 is 33.1 Å². The maximum atomic E-state index is 11.6. The highest BCUT2D eigenvalue weighted by atomic mass is 127. The number of ether oxygens (including phenoxy) is 1. The molecule has 0 saturated heterocycles. The van der Waals surface area contributed by atoms with Crippen LogP contribution in [0.3, 0.4) is 0 Å². The molecular weight excluding hydrogens is 535 g/mol. The molecule has 6 nitrogen and oxygen atoms in total. The summed E-state index contributed by atoms with van der Waals surface area (Å²) >= 11 is -1.80. The summed E-state index contributed by atoms with van der Waals surface area (Å²) in [6.07, 6.45) is 20.4. The van der Waals surface area contributed by atoms with E-state index in [0.717, 1.165) is 25.3 Å². The maximum absolute atomic E-state index is 11.6. The van der Waals surface area contributed by atoms with Crippen LogP contribution in [0.5, 0.6) is 5.75 Å². The van der Waals surface area contributed by atoms with Crippen LogP contribution in [-0.2, 0) is 3.07 Å². The van der Waals surface area contributed by atoms with Crippen molar-refractivity contribution in [3.05, 3.63) is 26.8 Å². The smallest absolute Gasteiger partial charge is 0.337 e.